The summed E-state index contributed by atoms with van der Waals surface area (Å²) in [4.78, 5) is 27.0. The van der Waals surface area contributed by atoms with Crippen LogP contribution >= 0.6 is 0 Å². The average Bonchev–Trinajstić information content (AvgIpc) is 2.90. The number of aromatic hydroxyl groups is 1. The van der Waals surface area contributed by atoms with Crippen molar-refractivity contribution < 1.29 is 27.9 Å². The molecular weight excluding hydrogens is 521 g/mol. The number of hydrogen-bond acceptors (Lipinski definition) is 11. The number of piperazine rings is 1. The SMILES string of the molecule is O=[N+]([O-])c1ccc(O)c(C=NNc2nc(OCCC(F)(F)F)nc(N3CCN(Cc4ccccc4)CC3)n2)c1. The van der Waals surface area contributed by atoms with Gasteiger partial charge >= 0.3 is 12.2 Å². The molecule has 2 N–H and O–H groups in total. The third-order valence-corrected chi connectivity index (χ3v) is 5.71. The predicted molar refractivity (Wildman–Crippen MR) is 136 cm³/mol. The Labute approximate surface area is 220 Å². The first-order chi connectivity index (χ1) is 18.7. The number of rotatable bonds is 10. The van der Waals surface area contributed by atoms with E-state index >= 15 is 0 Å². The van der Waals surface area contributed by atoms with Crippen LogP contribution < -0.4 is 15.1 Å². The van der Waals surface area contributed by atoms with Gasteiger partial charge in [0.05, 0.1) is 17.6 Å². The van der Waals surface area contributed by atoms with E-state index < -0.39 is 24.1 Å². The molecule has 0 atom stereocenters. The molecule has 4 rings (SSSR count). The number of alkyl halides is 3. The van der Waals surface area contributed by atoms with Crippen LogP contribution in [0.1, 0.15) is 17.5 Å². The molecule has 15 heteroatoms. The molecule has 1 aliphatic heterocycles. The highest BCUT2D eigenvalue weighted by molar-refractivity contribution is 5.84. The van der Waals surface area contributed by atoms with Crippen LogP contribution in [0.15, 0.2) is 53.6 Å². The lowest BCUT2D eigenvalue weighted by Crippen LogP contribution is -2.46. The lowest BCUT2D eigenvalue weighted by Gasteiger charge is -2.34. The summed E-state index contributed by atoms with van der Waals surface area (Å²) in [6.07, 6.45) is -4.46. The summed E-state index contributed by atoms with van der Waals surface area (Å²) in [5.41, 5.74) is 3.52. The van der Waals surface area contributed by atoms with Gasteiger partial charge in [-0.15, -0.1) is 0 Å². The molecule has 0 spiro atoms. The van der Waals surface area contributed by atoms with Gasteiger partial charge in [-0.3, -0.25) is 15.0 Å². The molecule has 12 nitrogen and oxygen atoms in total. The summed E-state index contributed by atoms with van der Waals surface area (Å²) in [6.45, 7) is 2.63. The topological polar surface area (TPSA) is 142 Å². The molecule has 1 aliphatic rings. The second kappa shape index (κ2) is 12.3. The van der Waals surface area contributed by atoms with Gasteiger partial charge in [-0.05, 0) is 11.6 Å². The van der Waals surface area contributed by atoms with Gasteiger partial charge in [-0.25, -0.2) is 5.43 Å². The minimum atomic E-state index is -4.41. The smallest absolute Gasteiger partial charge is 0.392 e. The van der Waals surface area contributed by atoms with Gasteiger partial charge in [-0.2, -0.15) is 33.2 Å². The Morgan fingerprint density at radius 2 is 1.85 bits per heavy atom. The van der Waals surface area contributed by atoms with Gasteiger partial charge in [0.25, 0.3) is 11.6 Å². The molecule has 39 heavy (non-hydrogen) atoms. The van der Waals surface area contributed by atoms with Gasteiger partial charge in [-0.1, -0.05) is 30.3 Å². The quantitative estimate of drug-likeness (QED) is 0.220. The second-order valence-electron chi connectivity index (χ2n) is 8.57. The van der Waals surface area contributed by atoms with E-state index in [-0.39, 0.29) is 34.9 Å². The number of anilines is 2. The molecular formula is C24H25F3N8O4. The lowest BCUT2D eigenvalue weighted by molar-refractivity contribution is -0.384. The van der Waals surface area contributed by atoms with E-state index in [0.717, 1.165) is 31.0 Å². The number of aromatic nitrogens is 3. The first-order valence-corrected chi connectivity index (χ1v) is 11.9. The van der Waals surface area contributed by atoms with Crippen molar-refractivity contribution in [2.24, 2.45) is 5.10 Å². The van der Waals surface area contributed by atoms with Crippen LogP contribution in [0.4, 0.5) is 30.8 Å². The highest BCUT2D eigenvalue weighted by Gasteiger charge is 2.27. The summed E-state index contributed by atoms with van der Waals surface area (Å²) in [5, 5.41) is 24.8. The molecule has 0 unspecified atom stereocenters. The maximum atomic E-state index is 12.6. The van der Waals surface area contributed by atoms with E-state index in [1.165, 1.54) is 5.56 Å². The molecule has 0 saturated carbocycles. The van der Waals surface area contributed by atoms with E-state index in [1.54, 1.807) is 0 Å². The molecule has 2 aromatic carbocycles. The number of benzene rings is 2. The number of hydrazone groups is 1. The Kier molecular flexibility index (Phi) is 8.70. The number of nitro groups is 1. The van der Waals surface area contributed by atoms with Crippen LogP contribution in [0.25, 0.3) is 0 Å². The maximum Gasteiger partial charge on any atom is 0.392 e. The summed E-state index contributed by atoms with van der Waals surface area (Å²) in [6, 6.07) is 13.1. The van der Waals surface area contributed by atoms with Crippen LogP contribution in [-0.4, -0.2) is 75.1 Å². The molecule has 3 aromatic rings. The van der Waals surface area contributed by atoms with E-state index in [4.69, 9.17) is 4.74 Å². The fraction of sp³-hybridized carbons (Fsp3) is 0.333. The van der Waals surface area contributed by atoms with Crippen molar-refractivity contribution in [2.45, 2.75) is 19.1 Å². The Hall–Kier alpha value is -4.53. The average molecular weight is 547 g/mol. The van der Waals surface area contributed by atoms with E-state index in [9.17, 15) is 28.4 Å². The van der Waals surface area contributed by atoms with Crippen molar-refractivity contribution in [3.8, 4) is 11.8 Å². The fourth-order valence-corrected chi connectivity index (χ4v) is 3.73. The number of nitro benzene ring substituents is 1. The predicted octanol–water partition coefficient (Wildman–Crippen LogP) is 3.58. The molecule has 0 aliphatic carbocycles. The summed E-state index contributed by atoms with van der Waals surface area (Å²) >= 11 is 0. The monoisotopic (exact) mass is 546 g/mol. The van der Waals surface area contributed by atoms with E-state index in [2.05, 4.69) is 42.5 Å². The second-order valence-corrected chi connectivity index (χ2v) is 8.57. The molecule has 1 saturated heterocycles. The Balaban J connectivity index is 1.47. The van der Waals surface area contributed by atoms with E-state index in [0.29, 0.717) is 26.2 Å². The number of non-ortho nitro benzene ring substituents is 1. The lowest BCUT2D eigenvalue weighted by atomic mass is 10.2. The number of nitrogens with zero attached hydrogens (tertiary/aromatic N) is 7. The third-order valence-electron chi connectivity index (χ3n) is 5.71. The zero-order chi connectivity index (χ0) is 27.8. The van der Waals surface area contributed by atoms with Crippen molar-refractivity contribution in [3.05, 3.63) is 69.8 Å². The van der Waals surface area contributed by atoms with Crippen LogP contribution in [-0.2, 0) is 6.54 Å². The van der Waals surface area contributed by atoms with Crippen molar-refractivity contribution in [2.75, 3.05) is 43.1 Å². The van der Waals surface area contributed by atoms with Gasteiger partial charge < -0.3 is 14.7 Å². The molecule has 0 amide bonds. The van der Waals surface area contributed by atoms with Gasteiger partial charge in [0.15, 0.2) is 0 Å². The summed E-state index contributed by atoms with van der Waals surface area (Å²) in [7, 11) is 0. The number of ether oxygens (including phenoxy) is 1. The number of phenolic OH excluding ortho intramolecular Hbond substituents is 1. The minimum Gasteiger partial charge on any atom is -0.507 e. The van der Waals surface area contributed by atoms with Crippen LogP contribution in [0, 0.1) is 10.1 Å². The summed E-state index contributed by atoms with van der Waals surface area (Å²) in [5.74, 6) is -0.163. The zero-order valence-corrected chi connectivity index (χ0v) is 20.6. The maximum absolute atomic E-state index is 12.6. The van der Waals surface area contributed by atoms with Crippen molar-refractivity contribution >= 4 is 23.8 Å². The first kappa shape index (κ1) is 27.5. The molecule has 0 bridgehead atoms. The highest BCUT2D eigenvalue weighted by atomic mass is 19.4. The molecule has 1 aromatic heterocycles. The van der Waals surface area contributed by atoms with Crippen molar-refractivity contribution in [1.82, 2.24) is 19.9 Å². The minimum absolute atomic E-state index is 0.0576. The highest BCUT2D eigenvalue weighted by Crippen LogP contribution is 2.23. The number of phenols is 1. The standard InChI is InChI=1S/C24H25F3N8O4/c25-24(26,27)8-13-39-23-30-21(32-28-15-18-14-19(35(37)38)6-7-20(18)36)29-22(31-23)34-11-9-33(10-12-34)16-17-4-2-1-3-5-17/h1-7,14-15,36H,8-13,16H2,(H,29,30,31,32). The van der Waals surface area contributed by atoms with Crippen molar-refractivity contribution in [1.29, 1.82) is 0 Å². The summed E-state index contributed by atoms with van der Waals surface area (Å²) < 4.78 is 43.0. The van der Waals surface area contributed by atoms with Gasteiger partial charge in [0, 0.05) is 50.4 Å². The van der Waals surface area contributed by atoms with Crippen LogP contribution in [0.2, 0.25) is 0 Å². The van der Waals surface area contributed by atoms with Gasteiger partial charge in [0.2, 0.25) is 5.95 Å². The van der Waals surface area contributed by atoms with Gasteiger partial charge in [0.1, 0.15) is 12.4 Å². The normalized spacial score (nSPS) is 14.5. The Bertz CT molecular complexity index is 1300. The van der Waals surface area contributed by atoms with E-state index in [1.807, 2.05) is 23.1 Å². The number of nitrogens with one attached hydrogen (secondary N) is 1. The third kappa shape index (κ3) is 8.23. The largest absolute Gasteiger partial charge is 0.507 e. The van der Waals surface area contributed by atoms with Crippen molar-refractivity contribution in [3.63, 3.8) is 0 Å². The molecule has 206 valence electrons. The Morgan fingerprint density at radius 3 is 2.54 bits per heavy atom. The Morgan fingerprint density at radius 1 is 1.10 bits per heavy atom. The first-order valence-electron chi connectivity index (χ1n) is 11.9. The molecule has 2 heterocycles. The zero-order valence-electron chi connectivity index (χ0n) is 20.6. The fourth-order valence-electron chi connectivity index (χ4n) is 3.73. The molecule has 0 radical (unpaired) electrons. The van der Waals surface area contributed by atoms with Crippen LogP contribution in [0.5, 0.6) is 11.8 Å². The number of hydrogen-bond donors (Lipinski definition) is 2. The number of halogens is 3. The van der Waals surface area contributed by atoms with Crippen LogP contribution in [0.3, 0.4) is 0 Å². The molecule has 1 fully saturated rings.